The van der Waals surface area contributed by atoms with Gasteiger partial charge in [-0.15, -0.1) is 0 Å². The molecule has 7 heteroatoms. The molecule has 0 saturated heterocycles. The maximum atomic E-state index is 13.0. The topological polar surface area (TPSA) is 76.0 Å². The Balaban J connectivity index is 1.92. The number of hydrogen-bond donors (Lipinski definition) is 2. The van der Waals surface area contributed by atoms with Crippen LogP contribution in [-0.4, -0.2) is 21.6 Å². The van der Waals surface area contributed by atoms with E-state index < -0.39 is 0 Å². The number of anilines is 2. The summed E-state index contributed by atoms with van der Waals surface area (Å²) in [6.45, 7) is 7.37. The van der Waals surface area contributed by atoms with E-state index in [-0.39, 0.29) is 17.7 Å². The second-order valence-electron chi connectivity index (χ2n) is 7.15. The summed E-state index contributed by atoms with van der Waals surface area (Å²) in [6, 6.07) is 12.7. The Morgan fingerprint density at radius 3 is 2.38 bits per heavy atom. The minimum absolute atomic E-state index is 0.0712. The summed E-state index contributed by atoms with van der Waals surface area (Å²) < 4.78 is 1.76. The van der Waals surface area contributed by atoms with E-state index in [0.29, 0.717) is 22.0 Å². The molecular weight excluding hydrogens is 388 g/mol. The van der Waals surface area contributed by atoms with Crippen molar-refractivity contribution in [2.45, 2.75) is 33.6 Å². The molecule has 0 saturated carbocycles. The molecule has 3 rings (SSSR count). The Morgan fingerprint density at radius 1 is 1.07 bits per heavy atom. The van der Waals surface area contributed by atoms with Crippen molar-refractivity contribution in [1.82, 2.24) is 9.78 Å². The number of halogens is 1. The molecule has 0 aliphatic carbocycles. The average Bonchev–Trinajstić information content (AvgIpc) is 3.10. The normalized spacial score (nSPS) is 10.8. The minimum atomic E-state index is -0.258. The minimum Gasteiger partial charge on any atom is -0.326 e. The van der Waals surface area contributed by atoms with Crippen molar-refractivity contribution < 1.29 is 9.59 Å². The lowest BCUT2D eigenvalue weighted by atomic mass is 10.0. The van der Waals surface area contributed by atoms with Crippen LogP contribution in [0.5, 0.6) is 0 Å². The summed E-state index contributed by atoms with van der Waals surface area (Å²) in [6.07, 6.45) is 1.57. The van der Waals surface area contributed by atoms with Crippen molar-refractivity contribution in [3.8, 4) is 5.69 Å². The van der Waals surface area contributed by atoms with Crippen LogP contribution in [0.25, 0.3) is 5.69 Å². The highest BCUT2D eigenvalue weighted by Crippen LogP contribution is 2.26. The number of carbonyl (C=O) groups is 2. The Labute approximate surface area is 174 Å². The molecule has 0 radical (unpaired) electrons. The summed E-state index contributed by atoms with van der Waals surface area (Å²) in [4.78, 5) is 24.4. The zero-order chi connectivity index (χ0) is 21.1. The standard InChI is InChI=1S/C22H23ClN4O2/c1-13(2)21-19(12-24-27(21)18-9-6-16(23)7-10-18)22(29)26-17-8-5-14(3)20(11-17)25-15(4)28/h5-13H,1-4H3,(H,25,28)(H,26,29). The molecule has 2 N–H and O–H groups in total. The van der Waals surface area contributed by atoms with Crippen molar-refractivity contribution in [3.63, 3.8) is 0 Å². The molecular formula is C22H23ClN4O2. The second-order valence-corrected chi connectivity index (χ2v) is 7.59. The van der Waals surface area contributed by atoms with E-state index in [1.54, 1.807) is 35.1 Å². The lowest BCUT2D eigenvalue weighted by Crippen LogP contribution is -2.16. The van der Waals surface area contributed by atoms with Crippen LogP contribution in [0.2, 0.25) is 5.02 Å². The van der Waals surface area contributed by atoms with Crippen LogP contribution in [-0.2, 0) is 4.79 Å². The number of aryl methyl sites for hydroxylation is 1. The first-order valence-corrected chi connectivity index (χ1v) is 9.67. The number of nitrogens with one attached hydrogen (secondary N) is 2. The summed E-state index contributed by atoms with van der Waals surface area (Å²) >= 11 is 5.98. The molecule has 6 nitrogen and oxygen atoms in total. The molecule has 0 bridgehead atoms. The first-order valence-electron chi connectivity index (χ1n) is 9.29. The molecule has 3 aromatic rings. The highest BCUT2D eigenvalue weighted by atomic mass is 35.5. The van der Waals surface area contributed by atoms with Gasteiger partial charge in [0.25, 0.3) is 5.91 Å². The number of rotatable bonds is 5. The predicted molar refractivity (Wildman–Crippen MR) is 116 cm³/mol. The molecule has 150 valence electrons. The third-order valence-electron chi connectivity index (χ3n) is 4.48. The van der Waals surface area contributed by atoms with Crippen molar-refractivity contribution in [2.75, 3.05) is 10.6 Å². The molecule has 0 unspecified atom stereocenters. The molecule has 0 aliphatic heterocycles. The smallest absolute Gasteiger partial charge is 0.259 e. The summed E-state index contributed by atoms with van der Waals surface area (Å²) in [5, 5.41) is 10.7. The van der Waals surface area contributed by atoms with Gasteiger partial charge in [0.1, 0.15) is 0 Å². The maximum Gasteiger partial charge on any atom is 0.259 e. The van der Waals surface area contributed by atoms with Gasteiger partial charge in [0.15, 0.2) is 0 Å². The van der Waals surface area contributed by atoms with E-state index in [1.165, 1.54) is 6.92 Å². The molecule has 0 atom stereocenters. The quantitative estimate of drug-likeness (QED) is 0.609. The lowest BCUT2D eigenvalue weighted by Gasteiger charge is -2.14. The molecule has 1 heterocycles. The number of nitrogens with zero attached hydrogens (tertiary/aromatic N) is 2. The fourth-order valence-electron chi connectivity index (χ4n) is 3.10. The van der Waals surface area contributed by atoms with E-state index >= 15 is 0 Å². The highest BCUT2D eigenvalue weighted by molar-refractivity contribution is 6.30. The van der Waals surface area contributed by atoms with Gasteiger partial charge in [-0.3, -0.25) is 9.59 Å². The van der Waals surface area contributed by atoms with Gasteiger partial charge in [-0.2, -0.15) is 5.10 Å². The fourth-order valence-corrected chi connectivity index (χ4v) is 3.22. The molecule has 29 heavy (non-hydrogen) atoms. The molecule has 0 spiro atoms. The molecule has 2 aromatic carbocycles. The Morgan fingerprint density at radius 2 is 1.76 bits per heavy atom. The summed E-state index contributed by atoms with van der Waals surface area (Å²) in [7, 11) is 0. The van der Waals surface area contributed by atoms with E-state index in [2.05, 4.69) is 15.7 Å². The van der Waals surface area contributed by atoms with Crippen LogP contribution in [0.15, 0.2) is 48.7 Å². The second kappa shape index (κ2) is 8.49. The van der Waals surface area contributed by atoms with E-state index in [4.69, 9.17) is 11.6 Å². The summed E-state index contributed by atoms with van der Waals surface area (Å²) in [5.41, 5.74) is 4.31. The molecule has 0 aliphatic rings. The maximum absolute atomic E-state index is 13.0. The van der Waals surface area contributed by atoms with Crippen LogP contribution >= 0.6 is 11.6 Å². The van der Waals surface area contributed by atoms with Gasteiger partial charge in [-0.1, -0.05) is 31.5 Å². The lowest BCUT2D eigenvalue weighted by molar-refractivity contribution is -0.114. The third-order valence-corrected chi connectivity index (χ3v) is 4.73. The van der Waals surface area contributed by atoms with Gasteiger partial charge in [-0.05, 0) is 54.8 Å². The van der Waals surface area contributed by atoms with Crippen molar-refractivity contribution in [3.05, 3.63) is 70.5 Å². The zero-order valence-electron chi connectivity index (χ0n) is 16.8. The van der Waals surface area contributed by atoms with E-state index in [9.17, 15) is 9.59 Å². The first kappa shape index (κ1) is 20.6. The van der Waals surface area contributed by atoms with E-state index in [1.807, 2.05) is 39.0 Å². The van der Waals surface area contributed by atoms with Crippen molar-refractivity contribution in [2.24, 2.45) is 0 Å². The number of hydrogen-bond acceptors (Lipinski definition) is 3. The van der Waals surface area contributed by atoms with Crippen LogP contribution in [0.4, 0.5) is 11.4 Å². The van der Waals surface area contributed by atoms with Gasteiger partial charge >= 0.3 is 0 Å². The summed E-state index contributed by atoms with van der Waals surface area (Å²) in [5.74, 6) is -0.351. The Bertz CT molecular complexity index is 1060. The van der Waals surface area contributed by atoms with Gasteiger partial charge in [0.05, 0.1) is 23.1 Å². The molecule has 1 aromatic heterocycles. The van der Waals surface area contributed by atoms with Gasteiger partial charge < -0.3 is 10.6 Å². The highest BCUT2D eigenvalue weighted by Gasteiger charge is 2.21. The number of amides is 2. The predicted octanol–water partition coefficient (Wildman–Crippen LogP) is 5.17. The Kier molecular flexibility index (Phi) is 6.03. The third kappa shape index (κ3) is 4.66. The first-order chi connectivity index (χ1) is 13.8. The van der Waals surface area contributed by atoms with Gasteiger partial charge in [0, 0.05) is 23.3 Å². The SMILES string of the molecule is CC(=O)Nc1cc(NC(=O)c2cnn(-c3ccc(Cl)cc3)c2C(C)C)ccc1C. The average molecular weight is 411 g/mol. The van der Waals surface area contributed by atoms with Gasteiger partial charge in [0.2, 0.25) is 5.91 Å². The fraction of sp³-hybridized carbons (Fsp3) is 0.227. The van der Waals surface area contributed by atoms with Crippen LogP contribution in [0, 0.1) is 6.92 Å². The number of aromatic nitrogens is 2. The number of benzene rings is 2. The number of carbonyl (C=O) groups excluding carboxylic acids is 2. The largest absolute Gasteiger partial charge is 0.326 e. The monoisotopic (exact) mass is 410 g/mol. The molecule has 2 amide bonds. The molecule has 0 fully saturated rings. The van der Waals surface area contributed by atoms with Crippen LogP contribution in [0.3, 0.4) is 0 Å². The Hall–Kier alpha value is -3.12. The van der Waals surface area contributed by atoms with Crippen molar-refractivity contribution >= 4 is 34.8 Å². The zero-order valence-corrected chi connectivity index (χ0v) is 17.5. The van der Waals surface area contributed by atoms with Crippen LogP contribution in [0.1, 0.15) is 48.3 Å². The van der Waals surface area contributed by atoms with Crippen LogP contribution < -0.4 is 10.6 Å². The van der Waals surface area contributed by atoms with E-state index in [0.717, 1.165) is 16.9 Å². The van der Waals surface area contributed by atoms with Gasteiger partial charge in [-0.25, -0.2) is 4.68 Å². The van der Waals surface area contributed by atoms with Crippen molar-refractivity contribution in [1.29, 1.82) is 0 Å².